The monoisotopic (exact) mass is 507 g/mol. The van der Waals surface area contributed by atoms with Crippen LogP contribution in [0.4, 0.5) is 8.78 Å². The topological polar surface area (TPSA) is 76.1 Å². The minimum atomic E-state index is -2.81. The zero-order chi connectivity index (χ0) is 26.0. The van der Waals surface area contributed by atoms with Crippen LogP contribution in [0.25, 0.3) is 0 Å². The summed E-state index contributed by atoms with van der Waals surface area (Å²) >= 11 is 0. The maximum Gasteiger partial charge on any atom is 0.326 e. The van der Waals surface area contributed by atoms with Crippen molar-refractivity contribution < 1.29 is 33.0 Å². The maximum absolute atomic E-state index is 13.8. The third-order valence-electron chi connectivity index (χ3n) is 6.86. The number of hydrogen-bond acceptors (Lipinski definition) is 4. The molecule has 1 saturated carbocycles. The van der Waals surface area contributed by atoms with E-state index in [4.69, 9.17) is 9.47 Å². The number of halogens is 2. The summed E-state index contributed by atoms with van der Waals surface area (Å²) in [5.41, 5.74) is 2.99. The predicted molar refractivity (Wildman–Crippen MR) is 131 cm³/mol. The smallest absolute Gasteiger partial charge is 0.326 e. The van der Waals surface area contributed by atoms with Crippen molar-refractivity contribution in [3.05, 3.63) is 101 Å². The van der Waals surface area contributed by atoms with Crippen molar-refractivity contribution in [2.45, 2.75) is 56.6 Å². The highest BCUT2D eigenvalue weighted by Gasteiger charge is 2.48. The molecular formula is C29H27F2NO5. The van der Waals surface area contributed by atoms with E-state index < -0.39 is 48.9 Å². The van der Waals surface area contributed by atoms with Gasteiger partial charge >= 0.3 is 5.97 Å². The molecule has 1 N–H and O–H groups in total. The number of nitrogens with zero attached hydrogens (tertiary/aromatic N) is 1. The molecule has 1 heterocycles. The van der Waals surface area contributed by atoms with E-state index >= 15 is 0 Å². The molecule has 1 unspecified atom stereocenters. The minimum absolute atomic E-state index is 0.0428. The Morgan fingerprint density at radius 3 is 2.30 bits per heavy atom. The van der Waals surface area contributed by atoms with Crippen molar-refractivity contribution in [3.63, 3.8) is 0 Å². The van der Waals surface area contributed by atoms with Crippen LogP contribution in [0.2, 0.25) is 0 Å². The first-order valence-electron chi connectivity index (χ1n) is 12.2. The summed E-state index contributed by atoms with van der Waals surface area (Å²) in [6, 6.07) is 22.5. The summed E-state index contributed by atoms with van der Waals surface area (Å²) in [6.45, 7) is 0.370. The normalized spacial score (nSPS) is 19.4. The van der Waals surface area contributed by atoms with Crippen molar-refractivity contribution in [1.29, 1.82) is 0 Å². The molecule has 8 heteroatoms. The lowest BCUT2D eigenvalue weighted by Crippen LogP contribution is -2.51. The fourth-order valence-electron chi connectivity index (χ4n) is 4.86. The molecule has 3 aromatic carbocycles. The summed E-state index contributed by atoms with van der Waals surface area (Å²) < 4.78 is 38.8. The first-order chi connectivity index (χ1) is 17.8. The Morgan fingerprint density at radius 2 is 1.65 bits per heavy atom. The predicted octanol–water partition coefficient (Wildman–Crippen LogP) is 5.16. The third-order valence-corrected chi connectivity index (χ3v) is 6.86. The van der Waals surface area contributed by atoms with E-state index in [2.05, 4.69) is 0 Å². The van der Waals surface area contributed by atoms with E-state index in [-0.39, 0.29) is 13.0 Å². The van der Waals surface area contributed by atoms with Gasteiger partial charge in [0.25, 0.3) is 11.8 Å². The number of aliphatic carboxylic acids is 1. The Labute approximate surface area is 213 Å². The van der Waals surface area contributed by atoms with Gasteiger partial charge in [0.15, 0.2) is 6.10 Å². The molecule has 6 nitrogen and oxygen atoms in total. The molecule has 5 rings (SSSR count). The van der Waals surface area contributed by atoms with E-state index in [0.717, 1.165) is 16.7 Å². The van der Waals surface area contributed by atoms with Gasteiger partial charge in [-0.1, -0.05) is 72.8 Å². The first-order valence-corrected chi connectivity index (χ1v) is 12.2. The largest absolute Gasteiger partial charge is 0.489 e. The van der Waals surface area contributed by atoms with E-state index in [1.165, 1.54) is 4.90 Å². The van der Waals surface area contributed by atoms with Crippen LogP contribution in [0.1, 0.15) is 41.2 Å². The standard InChI is InChI=1S/C29H27F2NO5/c30-29(31)15-22(16-29)37-26(20-10-5-2-6-11-20)27(33)32-17-21-12-7-13-25(23(21)14-24(32)28(34)35)36-18-19-8-3-1-4-9-19/h1-13,22,24,26H,14-18H2,(H,34,35)/t24-,26?/m1/s1. The van der Waals surface area contributed by atoms with Crippen LogP contribution in [0.15, 0.2) is 78.9 Å². The maximum atomic E-state index is 13.8. The number of rotatable bonds is 8. The molecule has 1 fully saturated rings. The zero-order valence-corrected chi connectivity index (χ0v) is 20.1. The van der Waals surface area contributed by atoms with Crippen molar-refractivity contribution in [2.75, 3.05) is 0 Å². The van der Waals surface area contributed by atoms with E-state index in [1.54, 1.807) is 36.4 Å². The number of carboxylic acid groups (broad SMARTS) is 1. The first kappa shape index (κ1) is 24.9. The van der Waals surface area contributed by atoms with E-state index in [1.807, 2.05) is 42.5 Å². The molecule has 2 aliphatic rings. The van der Waals surface area contributed by atoms with Crippen LogP contribution in [0, 0.1) is 0 Å². The number of benzene rings is 3. The number of amides is 1. The second-order valence-electron chi connectivity index (χ2n) is 9.51. The Morgan fingerprint density at radius 1 is 0.973 bits per heavy atom. The Kier molecular flexibility index (Phi) is 6.93. The van der Waals surface area contributed by atoms with Gasteiger partial charge in [-0.15, -0.1) is 0 Å². The molecule has 0 bridgehead atoms. The Bertz CT molecular complexity index is 1260. The van der Waals surface area contributed by atoms with Gasteiger partial charge in [0.1, 0.15) is 18.4 Å². The van der Waals surface area contributed by atoms with Crippen molar-refractivity contribution in [1.82, 2.24) is 4.90 Å². The molecule has 2 atom stereocenters. The molecule has 192 valence electrons. The minimum Gasteiger partial charge on any atom is -0.489 e. The lowest BCUT2D eigenvalue weighted by atomic mass is 9.90. The lowest BCUT2D eigenvalue weighted by Gasteiger charge is -2.40. The number of carbonyl (C=O) groups is 2. The Balaban J connectivity index is 1.40. The van der Waals surface area contributed by atoms with Crippen LogP contribution in [-0.2, 0) is 33.9 Å². The molecule has 3 aromatic rings. The van der Waals surface area contributed by atoms with Crippen LogP contribution in [0.3, 0.4) is 0 Å². The van der Waals surface area contributed by atoms with Gasteiger partial charge in [-0.2, -0.15) is 0 Å². The molecule has 0 radical (unpaired) electrons. The van der Waals surface area contributed by atoms with Gasteiger partial charge in [0.2, 0.25) is 0 Å². The van der Waals surface area contributed by atoms with Crippen LogP contribution >= 0.6 is 0 Å². The number of alkyl halides is 2. The van der Waals surface area contributed by atoms with Crippen molar-refractivity contribution in [3.8, 4) is 5.75 Å². The van der Waals surface area contributed by atoms with Gasteiger partial charge in [-0.05, 0) is 22.8 Å². The van der Waals surface area contributed by atoms with Gasteiger partial charge in [-0.3, -0.25) is 4.79 Å². The van der Waals surface area contributed by atoms with E-state index in [9.17, 15) is 23.5 Å². The van der Waals surface area contributed by atoms with Gasteiger partial charge in [0.05, 0.1) is 6.10 Å². The summed E-state index contributed by atoms with van der Waals surface area (Å²) in [4.78, 5) is 27.4. The number of carbonyl (C=O) groups excluding carboxylic acids is 1. The average Bonchev–Trinajstić information content (AvgIpc) is 2.89. The molecular weight excluding hydrogens is 480 g/mol. The summed E-state index contributed by atoms with van der Waals surface area (Å²) in [5, 5.41) is 10.1. The second kappa shape index (κ2) is 10.3. The Hall–Kier alpha value is -3.78. The highest BCUT2D eigenvalue weighted by molar-refractivity contribution is 5.88. The van der Waals surface area contributed by atoms with Crippen LogP contribution < -0.4 is 4.74 Å². The number of hydrogen-bond donors (Lipinski definition) is 1. The summed E-state index contributed by atoms with van der Waals surface area (Å²) in [6.07, 6.45) is -2.82. The van der Waals surface area contributed by atoms with Crippen molar-refractivity contribution in [2.24, 2.45) is 0 Å². The highest BCUT2D eigenvalue weighted by atomic mass is 19.3. The quantitative estimate of drug-likeness (QED) is 0.456. The fraction of sp³-hybridized carbons (Fsp3) is 0.310. The van der Waals surface area contributed by atoms with Gasteiger partial charge in [0, 0.05) is 31.4 Å². The number of fused-ring (bicyclic) bond motifs is 1. The van der Waals surface area contributed by atoms with Crippen LogP contribution in [-0.4, -0.2) is 40.0 Å². The zero-order valence-electron chi connectivity index (χ0n) is 20.1. The fourth-order valence-corrected chi connectivity index (χ4v) is 4.86. The third kappa shape index (κ3) is 5.49. The second-order valence-corrected chi connectivity index (χ2v) is 9.51. The highest BCUT2D eigenvalue weighted by Crippen LogP contribution is 2.42. The molecule has 1 aliphatic carbocycles. The molecule has 0 aromatic heterocycles. The summed E-state index contributed by atoms with van der Waals surface area (Å²) in [7, 11) is 0. The SMILES string of the molecule is O=C(O)[C@H]1Cc2c(cccc2OCc2ccccc2)CN1C(=O)C(OC1CC(F)(F)C1)c1ccccc1. The molecule has 1 aliphatic heterocycles. The number of carboxylic acids is 1. The summed E-state index contributed by atoms with van der Waals surface area (Å²) in [5.74, 6) is -3.94. The molecule has 0 spiro atoms. The molecule has 1 amide bonds. The lowest BCUT2D eigenvalue weighted by molar-refractivity contribution is -0.193. The van der Waals surface area contributed by atoms with E-state index in [0.29, 0.717) is 17.9 Å². The average molecular weight is 508 g/mol. The van der Waals surface area contributed by atoms with Gasteiger partial charge < -0.3 is 19.5 Å². The molecule has 37 heavy (non-hydrogen) atoms. The van der Waals surface area contributed by atoms with Gasteiger partial charge in [-0.25, -0.2) is 13.6 Å². The van der Waals surface area contributed by atoms with Crippen LogP contribution in [0.5, 0.6) is 5.75 Å². The van der Waals surface area contributed by atoms with Crippen molar-refractivity contribution >= 4 is 11.9 Å². The molecule has 0 saturated heterocycles. The number of ether oxygens (including phenoxy) is 2.